The van der Waals surface area contributed by atoms with Crippen molar-refractivity contribution in [2.45, 2.75) is 19.6 Å². The van der Waals surface area contributed by atoms with Crippen LogP contribution in [0, 0.1) is 0 Å². The first-order valence-electron chi connectivity index (χ1n) is 7.01. The number of carbonyl (C=O) groups is 2. The summed E-state index contributed by atoms with van der Waals surface area (Å²) in [5, 5.41) is 0. The summed E-state index contributed by atoms with van der Waals surface area (Å²) >= 11 is 0. The molecule has 0 aliphatic rings. The molecule has 1 heterocycles. The van der Waals surface area contributed by atoms with Crippen LogP contribution < -0.4 is 21.5 Å². The van der Waals surface area contributed by atoms with E-state index in [1.807, 2.05) is 30.3 Å². The number of hydrogen-bond donors (Lipinski definition) is 0. The van der Waals surface area contributed by atoms with Crippen molar-refractivity contribution in [1.29, 1.82) is 0 Å². The van der Waals surface area contributed by atoms with E-state index >= 15 is 0 Å². The summed E-state index contributed by atoms with van der Waals surface area (Å²) in [7, 11) is 1.80. The normalized spacial score (nSPS) is 11.2. The lowest BCUT2D eigenvalue weighted by molar-refractivity contribution is -0.671. The van der Waals surface area contributed by atoms with Gasteiger partial charge in [0.2, 0.25) is 6.33 Å². The molecule has 1 aromatic heterocycles. The smallest absolute Gasteiger partial charge is 0.364 e. The Morgan fingerprint density at radius 2 is 1.83 bits per heavy atom. The maximum absolute atomic E-state index is 12.3. The van der Waals surface area contributed by atoms with Gasteiger partial charge in [0.1, 0.15) is 19.0 Å². The van der Waals surface area contributed by atoms with Crippen molar-refractivity contribution < 1.29 is 40.6 Å². The first kappa shape index (κ1) is 18.9. The molecule has 1 atom stereocenters. The van der Waals surface area contributed by atoms with E-state index in [4.69, 9.17) is 9.47 Å². The third-order valence-electron chi connectivity index (χ3n) is 3.04. The van der Waals surface area contributed by atoms with Gasteiger partial charge in [0, 0.05) is 0 Å². The number of ether oxygens (including phenoxy) is 2. The number of carbonyl (C=O) groups excluding carboxylic acids is 2. The van der Waals surface area contributed by atoms with Gasteiger partial charge >= 0.3 is 11.9 Å². The van der Waals surface area contributed by atoms with E-state index in [2.05, 4.69) is 0 Å². The summed E-state index contributed by atoms with van der Waals surface area (Å²) in [5.74, 6) is -1.27. The summed E-state index contributed by atoms with van der Waals surface area (Å²) in [5.41, 5.74) is 0.858. The second kappa shape index (κ2) is 9.09. The van der Waals surface area contributed by atoms with E-state index in [-0.39, 0.29) is 30.2 Å². The number of halogens is 1. The minimum absolute atomic E-state index is 0. The zero-order valence-corrected chi connectivity index (χ0v) is 14.6. The van der Waals surface area contributed by atoms with Gasteiger partial charge in [0.25, 0.3) is 6.04 Å². The van der Waals surface area contributed by atoms with Crippen LogP contribution in [0.3, 0.4) is 0 Å². The van der Waals surface area contributed by atoms with Gasteiger partial charge in [-0.15, -0.1) is 0 Å². The lowest BCUT2D eigenvalue weighted by Gasteiger charge is -2.12. The van der Waals surface area contributed by atoms with Crippen molar-refractivity contribution in [2.24, 2.45) is 7.05 Å². The Bertz CT molecular complexity index is 643. The average molecular weight is 383 g/mol. The number of hydrogen-bond acceptors (Lipinski definition) is 4. The van der Waals surface area contributed by atoms with E-state index in [1.54, 1.807) is 37.3 Å². The maximum atomic E-state index is 12.3. The quantitative estimate of drug-likeness (QED) is 0.334. The van der Waals surface area contributed by atoms with E-state index in [0.29, 0.717) is 0 Å². The monoisotopic (exact) mass is 382 g/mol. The third kappa shape index (κ3) is 5.21. The fourth-order valence-electron chi connectivity index (χ4n) is 1.99. The van der Waals surface area contributed by atoms with Gasteiger partial charge in [0.05, 0.1) is 13.7 Å². The first-order chi connectivity index (χ1) is 10.6. The molecule has 2 aromatic rings. The van der Waals surface area contributed by atoms with Crippen molar-refractivity contribution in [3.63, 3.8) is 0 Å². The Kier molecular flexibility index (Phi) is 7.47. The molecule has 124 valence electrons. The standard InChI is InChI=1S/C16H19N2O4.BrH/c1-3-21-15(19)14(18-10-9-17(2)12-18)16(20)22-11-13-7-5-4-6-8-13;/h4-10,12,14H,3,11H2,1-2H3;1H/q+1;/p-1/t14-;/m0./s1. The Morgan fingerprint density at radius 1 is 1.17 bits per heavy atom. The van der Waals surface area contributed by atoms with Crippen LogP contribution in [0.2, 0.25) is 0 Å². The molecule has 0 amide bonds. The van der Waals surface area contributed by atoms with Gasteiger partial charge in [-0.2, -0.15) is 0 Å². The van der Waals surface area contributed by atoms with E-state index < -0.39 is 18.0 Å². The van der Waals surface area contributed by atoms with E-state index in [0.717, 1.165) is 5.56 Å². The molecule has 0 radical (unpaired) electrons. The molecule has 23 heavy (non-hydrogen) atoms. The number of aryl methyl sites for hydroxylation is 1. The molecule has 0 fully saturated rings. The third-order valence-corrected chi connectivity index (χ3v) is 3.04. The molecule has 0 bridgehead atoms. The molecule has 2 rings (SSSR count). The van der Waals surface area contributed by atoms with Gasteiger partial charge in [0.15, 0.2) is 0 Å². The molecular formula is C16H19BrN2O4. The highest BCUT2D eigenvalue weighted by molar-refractivity contribution is 5.97. The molecule has 0 unspecified atom stereocenters. The van der Waals surface area contributed by atoms with Crippen LogP contribution in [0.15, 0.2) is 49.1 Å². The lowest BCUT2D eigenvalue weighted by atomic mass is 10.2. The molecule has 0 saturated heterocycles. The lowest BCUT2D eigenvalue weighted by Crippen LogP contribution is -3.00. The Labute approximate surface area is 145 Å². The summed E-state index contributed by atoms with van der Waals surface area (Å²) in [6.45, 7) is 2.01. The average Bonchev–Trinajstić information content (AvgIpc) is 2.93. The summed E-state index contributed by atoms with van der Waals surface area (Å²) in [4.78, 5) is 24.3. The second-order valence-electron chi connectivity index (χ2n) is 4.77. The highest BCUT2D eigenvalue weighted by Gasteiger charge is 2.36. The largest absolute Gasteiger partial charge is 1.00 e. The molecule has 1 aromatic carbocycles. The van der Waals surface area contributed by atoms with Gasteiger partial charge in [-0.1, -0.05) is 30.3 Å². The zero-order valence-electron chi connectivity index (χ0n) is 13.0. The number of esters is 2. The van der Waals surface area contributed by atoms with Crippen LogP contribution in [-0.2, 0) is 32.7 Å². The molecular weight excluding hydrogens is 364 g/mol. The number of benzene rings is 1. The van der Waals surface area contributed by atoms with Crippen LogP contribution in [0.1, 0.15) is 18.5 Å². The van der Waals surface area contributed by atoms with Crippen molar-refractivity contribution in [2.75, 3.05) is 6.61 Å². The molecule has 0 saturated carbocycles. The molecule has 0 aliphatic carbocycles. The number of aromatic nitrogens is 2. The number of imidazole rings is 1. The fourth-order valence-corrected chi connectivity index (χ4v) is 1.99. The van der Waals surface area contributed by atoms with Crippen LogP contribution in [0.5, 0.6) is 0 Å². The summed E-state index contributed by atoms with van der Waals surface area (Å²) in [6, 6.07) is 8.16. The topological polar surface area (TPSA) is 61.4 Å². The molecule has 0 spiro atoms. The van der Waals surface area contributed by atoms with Crippen LogP contribution in [0.25, 0.3) is 0 Å². The molecule has 0 N–H and O–H groups in total. The van der Waals surface area contributed by atoms with Gasteiger partial charge < -0.3 is 26.5 Å². The number of nitrogens with zero attached hydrogens (tertiary/aromatic N) is 2. The number of rotatable bonds is 6. The minimum Gasteiger partial charge on any atom is -1.00 e. The van der Waals surface area contributed by atoms with Crippen molar-refractivity contribution >= 4 is 11.9 Å². The minimum atomic E-state index is -1.13. The highest BCUT2D eigenvalue weighted by atomic mass is 79.9. The summed E-state index contributed by atoms with van der Waals surface area (Å²) < 4.78 is 13.4. The predicted molar refractivity (Wildman–Crippen MR) is 77.5 cm³/mol. The Morgan fingerprint density at radius 3 is 2.39 bits per heavy atom. The van der Waals surface area contributed by atoms with Gasteiger partial charge in [-0.3, -0.25) is 0 Å². The Balaban J connectivity index is 0.00000264. The molecule has 0 aliphatic heterocycles. The van der Waals surface area contributed by atoms with Gasteiger partial charge in [-0.25, -0.2) is 18.7 Å². The van der Waals surface area contributed by atoms with Crippen molar-refractivity contribution in [3.05, 3.63) is 54.6 Å². The van der Waals surface area contributed by atoms with Crippen LogP contribution in [-0.4, -0.2) is 23.1 Å². The van der Waals surface area contributed by atoms with Crippen LogP contribution in [0.4, 0.5) is 0 Å². The Hall–Kier alpha value is -2.15. The first-order valence-corrected chi connectivity index (χ1v) is 7.01. The highest BCUT2D eigenvalue weighted by Crippen LogP contribution is 2.12. The van der Waals surface area contributed by atoms with Crippen LogP contribution >= 0.6 is 0 Å². The second-order valence-corrected chi connectivity index (χ2v) is 4.77. The van der Waals surface area contributed by atoms with Gasteiger partial charge in [-0.05, 0) is 12.5 Å². The maximum Gasteiger partial charge on any atom is 0.364 e. The summed E-state index contributed by atoms with van der Waals surface area (Å²) in [6.07, 6.45) is 4.99. The SMILES string of the molecule is CCOC(=O)[C@@H](C(=O)OCc1ccccc1)n1cc[n+](C)c1.[Br-]. The molecule has 7 heteroatoms. The zero-order chi connectivity index (χ0) is 15.9. The van der Waals surface area contributed by atoms with E-state index in [9.17, 15) is 9.59 Å². The molecule has 6 nitrogen and oxygen atoms in total. The predicted octanol–water partition coefficient (Wildman–Crippen LogP) is -1.84. The van der Waals surface area contributed by atoms with Crippen molar-refractivity contribution in [1.82, 2.24) is 4.57 Å². The van der Waals surface area contributed by atoms with E-state index in [1.165, 1.54) is 4.57 Å². The fraction of sp³-hybridized carbons (Fsp3) is 0.312. The van der Waals surface area contributed by atoms with Crippen molar-refractivity contribution in [3.8, 4) is 0 Å².